The molecule has 1 aromatic heterocycles. The fourth-order valence-corrected chi connectivity index (χ4v) is 3.60. The normalized spacial score (nSPS) is 22.7. The molecule has 0 saturated heterocycles. The summed E-state index contributed by atoms with van der Waals surface area (Å²) >= 11 is 1.49. The highest BCUT2D eigenvalue weighted by atomic mass is 32.1. The second kappa shape index (κ2) is 7.95. The lowest BCUT2D eigenvalue weighted by Gasteiger charge is -2.29. The molecule has 132 valence electrons. The van der Waals surface area contributed by atoms with Crippen molar-refractivity contribution in [1.82, 2.24) is 10.3 Å². The first-order valence-electron chi connectivity index (χ1n) is 7.72. The predicted octanol–water partition coefficient (Wildman–Crippen LogP) is 1.54. The Bertz CT molecular complexity index is 655. The molecule has 0 aromatic carbocycles. The van der Waals surface area contributed by atoms with Crippen LogP contribution >= 0.6 is 11.3 Å². The average Bonchev–Trinajstić information content (AvgIpc) is 3.02. The highest BCUT2D eigenvalue weighted by molar-refractivity contribution is 7.13. The molecule has 1 aliphatic carbocycles. The third kappa shape index (κ3) is 4.57. The van der Waals surface area contributed by atoms with Gasteiger partial charge in [-0.25, -0.2) is 4.98 Å². The molecule has 1 aromatic rings. The second-order valence-electron chi connectivity index (χ2n) is 5.78. The molecular weight excluding hydrogens is 330 g/mol. The lowest BCUT2D eigenvalue weighted by Crippen LogP contribution is -2.34. The first-order chi connectivity index (χ1) is 11.4. The van der Waals surface area contributed by atoms with Gasteiger partial charge in [0.05, 0.1) is 5.69 Å². The number of nitrogens with one attached hydrogen (secondary N) is 2. The number of hydrogen-bond donors (Lipinski definition) is 4. The minimum Gasteiger partial charge on any atom is -0.379 e. The van der Waals surface area contributed by atoms with Crippen LogP contribution in [0.2, 0.25) is 0 Å². The zero-order valence-corrected chi connectivity index (χ0v) is 14.6. The van der Waals surface area contributed by atoms with Gasteiger partial charge in [-0.3, -0.25) is 10.7 Å². The van der Waals surface area contributed by atoms with Crippen LogP contribution < -0.4 is 22.1 Å². The molecule has 0 bridgehead atoms. The summed E-state index contributed by atoms with van der Waals surface area (Å²) in [7, 11) is 1.61. The Kier molecular flexibility index (Phi) is 5.96. The molecule has 10 heteroatoms. The molecule has 0 spiro atoms. The minimum atomic E-state index is -0.569. The van der Waals surface area contributed by atoms with E-state index >= 15 is 0 Å². The van der Waals surface area contributed by atoms with Gasteiger partial charge in [0.15, 0.2) is 11.1 Å². The Hall–Kier alpha value is -2.36. The maximum atomic E-state index is 10.7. The molecular formula is C14H23N7O2S. The van der Waals surface area contributed by atoms with E-state index in [0.717, 1.165) is 36.5 Å². The molecule has 6 N–H and O–H groups in total. The maximum Gasteiger partial charge on any atom is 0.332 e. The van der Waals surface area contributed by atoms with Gasteiger partial charge in [-0.1, -0.05) is 6.42 Å². The van der Waals surface area contributed by atoms with E-state index in [0.29, 0.717) is 17.6 Å². The first kappa shape index (κ1) is 18.0. The summed E-state index contributed by atoms with van der Waals surface area (Å²) in [5.74, 6) is 0.314. The van der Waals surface area contributed by atoms with E-state index in [1.165, 1.54) is 11.3 Å². The van der Waals surface area contributed by atoms with Crippen molar-refractivity contribution in [2.24, 2.45) is 16.5 Å². The highest BCUT2D eigenvalue weighted by Crippen LogP contribution is 2.34. The number of nitrogens with two attached hydrogens (primary N) is 2. The minimum absolute atomic E-state index is 0.155. The third-order valence-electron chi connectivity index (χ3n) is 4.09. The Labute approximate surface area is 144 Å². The number of rotatable bonds is 5. The molecule has 24 heavy (non-hydrogen) atoms. The van der Waals surface area contributed by atoms with Crippen molar-refractivity contribution in [3.63, 3.8) is 0 Å². The lowest BCUT2D eigenvalue weighted by molar-refractivity contribution is -0.428. The summed E-state index contributed by atoms with van der Waals surface area (Å²) in [6, 6.07) is 0.155. The van der Waals surface area contributed by atoms with Crippen molar-refractivity contribution in [2.45, 2.75) is 44.6 Å². The van der Waals surface area contributed by atoms with Gasteiger partial charge in [0.2, 0.25) is 0 Å². The van der Waals surface area contributed by atoms with Gasteiger partial charge in [0, 0.05) is 24.4 Å². The van der Waals surface area contributed by atoms with Gasteiger partial charge in [0.1, 0.15) is 5.70 Å². The SMILES string of the molecule is CN=C(N)Nc1nc(C2CCCC(NC(C)=C(N)[N+](=O)[O-])C2)cs1. The average molecular weight is 353 g/mol. The molecule has 1 saturated carbocycles. The van der Waals surface area contributed by atoms with Crippen molar-refractivity contribution < 1.29 is 4.92 Å². The van der Waals surface area contributed by atoms with Crippen LogP contribution in [0.1, 0.15) is 44.2 Å². The largest absolute Gasteiger partial charge is 0.379 e. The molecule has 0 aliphatic heterocycles. The van der Waals surface area contributed by atoms with E-state index in [-0.39, 0.29) is 11.9 Å². The Morgan fingerprint density at radius 1 is 1.50 bits per heavy atom. The summed E-state index contributed by atoms with van der Waals surface area (Å²) in [4.78, 5) is 18.6. The number of hydrogen-bond acceptors (Lipinski definition) is 7. The Balaban J connectivity index is 2.01. The number of guanidine groups is 1. The summed E-state index contributed by atoms with van der Waals surface area (Å²) in [6.45, 7) is 1.64. The number of aromatic nitrogens is 1. The van der Waals surface area contributed by atoms with E-state index < -0.39 is 4.92 Å². The van der Waals surface area contributed by atoms with Crippen LogP contribution in [0.3, 0.4) is 0 Å². The lowest BCUT2D eigenvalue weighted by atomic mass is 9.84. The van der Waals surface area contributed by atoms with Crippen LogP contribution in [0.5, 0.6) is 0 Å². The van der Waals surface area contributed by atoms with E-state index in [2.05, 4.69) is 20.6 Å². The first-order valence-corrected chi connectivity index (χ1v) is 8.60. The highest BCUT2D eigenvalue weighted by Gasteiger charge is 2.26. The third-order valence-corrected chi connectivity index (χ3v) is 4.87. The smallest absolute Gasteiger partial charge is 0.332 e. The van der Waals surface area contributed by atoms with Gasteiger partial charge in [-0.05, 0) is 31.1 Å². The van der Waals surface area contributed by atoms with Crippen molar-refractivity contribution in [3.05, 3.63) is 32.7 Å². The second-order valence-corrected chi connectivity index (χ2v) is 6.64. The molecule has 1 aliphatic rings. The fourth-order valence-electron chi connectivity index (χ4n) is 2.80. The zero-order chi connectivity index (χ0) is 17.7. The zero-order valence-electron chi connectivity index (χ0n) is 13.8. The number of aliphatic imine (C=N–C) groups is 1. The van der Waals surface area contributed by atoms with Crippen molar-refractivity contribution in [3.8, 4) is 0 Å². The molecule has 2 unspecified atom stereocenters. The summed E-state index contributed by atoms with van der Waals surface area (Å²) < 4.78 is 0. The summed E-state index contributed by atoms with van der Waals surface area (Å²) in [6.07, 6.45) is 3.91. The number of anilines is 1. The number of nitrogens with zero attached hydrogens (tertiary/aromatic N) is 3. The van der Waals surface area contributed by atoms with Crippen LogP contribution in [0.4, 0.5) is 5.13 Å². The number of thiazole rings is 1. The van der Waals surface area contributed by atoms with Crippen molar-refractivity contribution in [1.29, 1.82) is 0 Å². The summed E-state index contributed by atoms with van der Waals surface area (Å²) in [5, 5.41) is 19.6. The maximum absolute atomic E-state index is 10.7. The van der Waals surface area contributed by atoms with Gasteiger partial charge in [-0.2, -0.15) is 0 Å². The van der Waals surface area contributed by atoms with Crippen LogP contribution in [-0.2, 0) is 0 Å². The molecule has 1 heterocycles. The molecule has 9 nitrogen and oxygen atoms in total. The van der Waals surface area contributed by atoms with Gasteiger partial charge in [0.25, 0.3) is 0 Å². The molecule has 2 rings (SSSR count). The molecule has 0 amide bonds. The van der Waals surface area contributed by atoms with Crippen LogP contribution in [0.15, 0.2) is 21.9 Å². The monoisotopic (exact) mass is 353 g/mol. The Morgan fingerprint density at radius 2 is 2.25 bits per heavy atom. The van der Waals surface area contributed by atoms with Gasteiger partial charge < -0.3 is 26.5 Å². The number of nitro groups is 1. The van der Waals surface area contributed by atoms with Crippen LogP contribution in [-0.4, -0.2) is 29.0 Å². The van der Waals surface area contributed by atoms with E-state index in [4.69, 9.17) is 11.5 Å². The van der Waals surface area contributed by atoms with E-state index in [1.807, 2.05) is 5.38 Å². The predicted molar refractivity (Wildman–Crippen MR) is 95.3 cm³/mol. The van der Waals surface area contributed by atoms with E-state index in [1.54, 1.807) is 14.0 Å². The number of allylic oxidation sites excluding steroid dienone is 1. The topological polar surface area (TPSA) is 144 Å². The molecule has 0 radical (unpaired) electrons. The van der Waals surface area contributed by atoms with Crippen molar-refractivity contribution >= 4 is 22.4 Å². The Morgan fingerprint density at radius 3 is 2.92 bits per heavy atom. The van der Waals surface area contributed by atoms with Gasteiger partial charge >= 0.3 is 5.82 Å². The molecule has 1 fully saturated rings. The fraction of sp³-hybridized carbons (Fsp3) is 0.571. The quantitative estimate of drug-likeness (QED) is 0.272. The van der Waals surface area contributed by atoms with Crippen LogP contribution in [0.25, 0.3) is 0 Å². The standard InChI is InChI=1S/C14H23N7O2S/c1-8(12(15)21(22)23)18-10-5-3-4-9(6-10)11-7-24-14(19-11)20-13(16)17-2/h7,9-10,18H,3-6,15H2,1-2H3,(H3,16,17,19,20). The van der Waals surface area contributed by atoms with E-state index in [9.17, 15) is 10.1 Å². The van der Waals surface area contributed by atoms with Crippen LogP contribution in [0, 0.1) is 10.1 Å². The van der Waals surface area contributed by atoms with Crippen molar-refractivity contribution in [2.75, 3.05) is 12.4 Å². The van der Waals surface area contributed by atoms with Gasteiger partial charge in [-0.15, -0.1) is 11.3 Å². The molecule has 2 atom stereocenters. The summed E-state index contributed by atoms with van der Waals surface area (Å²) in [5.41, 5.74) is 12.5.